The molecule has 0 spiro atoms. The first kappa shape index (κ1) is 13.5. The fraction of sp³-hybridized carbons (Fsp3) is 0.364. The molecule has 0 amide bonds. The Morgan fingerprint density at radius 3 is 2.24 bits per heavy atom. The van der Waals surface area contributed by atoms with Crippen LogP contribution in [0, 0.1) is 0 Å². The highest BCUT2D eigenvalue weighted by atomic mass is 19.4. The quantitative estimate of drug-likeness (QED) is 0.857. The molecule has 1 aromatic carbocycles. The lowest BCUT2D eigenvalue weighted by Gasteiger charge is -2.15. The summed E-state index contributed by atoms with van der Waals surface area (Å²) in [7, 11) is 0. The number of hydrogen-bond acceptors (Lipinski definition) is 2. The number of carbonyl (C=O) groups is 1. The van der Waals surface area contributed by atoms with Gasteiger partial charge in [0, 0.05) is 6.42 Å². The van der Waals surface area contributed by atoms with E-state index in [-0.39, 0.29) is 18.4 Å². The van der Waals surface area contributed by atoms with Gasteiger partial charge in [-0.2, -0.15) is 13.2 Å². The number of carboxylic acid groups (broad SMARTS) is 1. The minimum atomic E-state index is -4.47. The van der Waals surface area contributed by atoms with Gasteiger partial charge < -0.3 is 10.8 Å². The molecule has 1 rings (SSSR count). The Balaban J connectivity index is 2.71. The van der Waals surface area contributed by atoms with Crippen LogP contribution < -0.4 is 5.73 Å². The summed E-state index contributed by atoms with van der Waals surface area (Å²) in [5.74, 6) is -0.943. The number of carboxylic acids is 1. The maximum atomic E-state index is 12.3. The average Bonchev–Trinajstić information content (AvgIpc) is 2.25. The third-order valence-electron chi connectivity index (χ3n) is 2.32. The molecule has 0 heterocycles. The monoisotopic (exact) mass is 247 g/mol. The Hall–Kier alpha value is -1.56. The van der Waals surface area contributed by atoms with Gasteiger partial charge in [-0.15, -0.1) is 0 Å². The van der Waals surface area contributed by atoms with Gasteiger partial charge in [0.25, 0.3) is 0 Å². The lowest BCUT2D eigenvalue weighted by Crippen LogP contribution is -2.28. The number of aryl methyl sites for hydroxylation is 1. The number of hydrogen-bond donors (Lipinski definition) is 2. The average molecular weight is 247 g/mol. The molecule has 0 aliphatic rings. The Bertz CT molecular complexity index is 387. The zero-order valence-electron chi connectivity index (χ0n) is 8.87. The smallest absolute Gasteiger partial charge is 0.407 e. The fourth-order valence-corrected chi connectivity index (χ4v) is 1.33. The van der Waals surface area contributed by atoms with Crippen molar-refractivity contribution < 1.29 is 23.1 Å². The molecule has 0 aromatic heterocycles. The largest absolute Gasteiger partial charge is 0.481 e. The molecule has 17 heavy (non-hydrogen) atoms. The fourth-order valence-electron chi connectivity index (χ4n) is 1.33. The van der Waals surface area contributed by atoms with Crippen LogP contribution in [0.1, 0.15) is 23.6 Å². The summed E-state index contributed by atoms with van der Waals surface area (Å²) in [5, 5.41) is 8.46. The Kier molecular flexibility index (Phi) is 4.11. The summed E-state index contributed by atoms with van der Waals surface area (Å²) in [5.41, 5.74) is 5.67. The van der Waals surface area contributed by atoms with Crippen LogP contribution in [-0.2, 0) is 11.2 Å². The summed E-state index contributed by atoms with van der Waals surface area (Å²) in [4.78, 5) is 10.3. The van der Waals surface area contributed by atoms with Gasteiger partial charge in [-0.25, -0.2) is 0 Å². The van der Waals surface area contributed by atoms with E-state index < -0.39 is 18.2 Å². The SMILES string of the molecule is N[C@@H](c1ccc(CCC(=O)O)cc1)C(F)(F)F. The van der Waals surface area contributed by atoms with Crippen molar-refractivity contribution >= 4 is 5.97 Å². The molecule has 1 aromatic rings. The number of alkyl halides is 3. The first-order valence-electron chi connectivity index (χ1n) is 4.93. The maximum Gasteiger partial charge on any atom is 0.407 e. The molecule has 0 fully saturated rings. The Morgan fingerprint density at radius 2 is 1.82 bits per heavy atom. The van der Waals surface area contributed by atoms with Crippen molar-refractivity contribution in [2.24, 2.45) is 5.73 Å². The zero-order chi connectivity index (χ0) is 13.1. The maximum absolute atomic E-state index is 12.3. The van der Waals surface area contributed by atoms with Crippen LogP contribution in [0.2, 0.25) is 0 Å². The number of rotatable bonds is 4. The summed E-state index contributed by atoms with van der Waals surface area (Å²) in [6.45, 7) is 0. The minimum Gasteiger partial charge on any atom is -0.481 e. The topological polar surface area (TPSA) is 63.3 Å². The predicted octanol–water partition coefficient (Wildman–Crippen LogP) is 2.27. The molecule has 0 saturated carbocycles. The molecule has 0 saturated heterocycles. The molecule has 0 radical (unpaired) electrons. The molecule has 6 heteroatoms. The molecule has 94 valence electrons. The van der Waals surface area contributed by atoms with E-state index in [9.17, 15) is 18.0 Å². The molecule has 3 N–H and O–H groups in total. The second-order valence-electron chi connectivity index (χ2n) is 3.65. The van der Waals surface area contributed by atoms with Crippen LogP contribution in [0.25, 0.3) is 0 Å². The van der Waals surface area contributed by atoms with E-state index in [1.54, 1.807) is 0 Å². The van der Waals surface area contributed by atoms with E-state index in [2.05, 4.69) is 0 Å². The van der Waals surface area contributed by atoms with Crippen LogP contribution in [0.15, 0.2) is 24.3 Å². The van der Waals surface area contributed by atoms with Gasteiger partial charge in [0.2, 0.25) is 0 Å². The Labute approximate surface area is 96.0 Å². The van der Waals surface area contributed by atoms with Gasteiger partial charge in [0.05, 0.1) is 0 Å². The molecule has 1 atom stereocenters. The van der Waals surface area contributed by atoms with E-state index >= 15 is 0 Å². The number of benzene rings is 1. The highest BCUT2D eigenvalue weighted by Gasteiger charge is 2.37. The molecule has 0 bridgehead atoms. The molecule has 0 unspecified atom stereocenters. The van der Waals surface area contributed by atoms with Gasteiger partial charge in [-0.1, -0.05) is 24.3 Å². The van der Waals surface area contributed by atoms with E-state index in [0.717, 1.165) is 0 Å². The highest BCUT2D eigenvalue weighted by Crippen LogP contribution is 2.30. The molecule has 0 aliphatic carbocycles. The first-order valence-corrected chi connectivity index (χ1v) is 4.93. The third kappa shape index (κ3) is 4.07. The summed E-state index contributed by atoms with van der Waals surface area (Å²) < 4.78 is 36.9. The van der Waals surface area contributed by atoms with Crippen molar-refractivity contribution in [3.8, 4) is 0 Å². The Morgan fingerprint density at radius 1 is 1.29 bits per heavy atom. The van der Waals surface area contributed by atoms with Crippen LogP contribution in [0.5, 0.6) is 0 Å². The molecule has 0 aliphatic heterocycles. The standard InChI is InChI=1S/C11H12F3NO2/c12-11(13,14)10(15)8-4-1-7(2-5-8)3-6-9(16)17/h1-2,4-5,10H,3,6,15H2,(H,16,17)/t10-/m0/s1. The lowest BCUT2D eigenvalue weighted by atomic mass is 10.0. The minimum absolute atomic E-state index is 0.0309. The van der Waals surface area contributed by atoms with Gasteiger partial charge in [-0.3, -0.25) is 4.79 Å². The van der Waals surface area contributed by atoms with Gasteiger partial charge >= 0.3 is 12.1 Å². The van der Waals surface area contributed by atoms with Crippen molar-refractivity contribution in [3.05, 3.63) is 35.4 Å². The second kappa shape index (κ2) is 5.18. The van der Waals surface area contributed by atoms with Crippen LogP contribution >= 0.6 is 0 Å². The van der Waals surface area contributed by atoms with Crippen LogP contribution in [-0.4, -0.2) is 17.3 Å². The van der Waals surface area contributed by atoms with Crippen molar-refractivity contribution in [3.63, 3.8) is 0 Å². The number of aliphatic carboxylic acids is 1. The van der Waals surface area contributed by atoms with E-state index in [1.807, 2.05) is 0 Å². The first-order chi connectivity index (χ1) is 7.80. The summed E-state index contributed by atoms with van der Waals surface area (Å²) >= 11 is 0. The number of halogens is 3. The van der Waals surface area contributed by atoms with Crippen LogP contribution in [0.4, 0.5) is 13.2 Å². The van der Waals surface area contributed by atoms with E-state index in [1.165, 1.54) is 24.3 Å². The van der Waals surface area contributed by atoms with Gasteiger partial charge in [0.15, 0.2) is 0 Å². The van der Waals surface area contributed by atoms with E-state index in [0.29, 0.717) is 5.56 Å². The second-order valence-corrected chi connectivity index (χ2v) is 3.65. The van der Waals surface area contributed by atoms with Crippen molar-refractivity contribution in [1.82, 2.24) is 0 Å². The van der Waals surface area contributed by atoms with Crippen molar-refractivity contribution in [1.29, 1.82) is 0 Å². The third-order valence-corrected chi connectivity index (χ3v) is 2.32. The van der Waals surface area contributed by atoms with Crippen molar-refractivity contribution in [2.45, 2.75) is 25.1 Å². The zero-order valence-corrected chi connectivity index (χ0v) is 8.87. The van der Waals surface area contributed by atoms with Crippen molar-refractivity contribution in [2.75, 3.05) is 0 Å². The molecular formula is C11H12F3NO2. The normalized spacial score (nSPS) is 13.4. The van der Waals surface area contributed by atoms with E-state index in [4.69, 9.17) is 10.8 Å². The lowest BCUT2D eigenvalue weighted by molar-refractivity contribution is -0.149. The molecule has 3 nitrogen and oxygen atoms in total. The van der Waals surface area contributed by atoms with Gasteiger partial charge in [-0.05, 0) is 17.5 Å². The number of nitrogens with two attached hydrogens (primary N) is 1. The predicted molar refractivity (Wildman–Crippen MR) is 55.4 cm³/mol. The van der Waals surface area contributed by atoms with Crippen LogP contribution in [0.3, 0.4) is 0 Å². The molecular weight excluding hydrogens is 235 g/mol. The highest BCUT2D eigenvalue weighted by molar-refractivity contribution is 5.67. The summed E-state index contributed by atoms with van der Waals surface area (Å²) in [6.07, 6.45) is -4.23. The summed E-state index contributed by atoms with van der Waals surface area (Å²) in [6, 6.07) is 3.47. The van der Waals surface area contributed by atoms with Gasteiger partial charge in [0.1, 0.15) is 6.04 Å².